The van der Waals surface area contributed by atoms with Crippen molar-refractivity contribution in [1.82, 2.24) is 0 Å². The highest BCUT2D eigenvalue weighted by atomic mass is 35.5. The first-order chi connectivity index (χ1) is 8.47. The molecule has 18 heavy (non-hydrogen) atoms. The van der Waals surface area contributed by atoms with Crippen molar-refractivity contribution in [3.8, 4) is 0 Å². The van der Waals surface area contributed by atoms with Gasteiger partial charge in [-0.1, -0.05) is 31.5 Å². The summed E-state index contributed by atoms with van der Waals surface area (Å²) in [5.74, 6) is 1.78. The second kappa shape index (κ2) is 5.44. The van der Waals surface area contributed by atoms with Gasteiger partial charge in [0.1, 0.15) is 0 Å². The number of carbonyl (C=O) groups excluding carboxylic acids is 1. The van der Waals surface area contributed by atoms with Crippen molar-refractivity contribution >= 4 is 17.4 Å². The third-order valence-electron chi connectivity index (χ3n) is 4.01. The van der Waals surface area contributed by atoms with Gasteiger partial charge >= 0.3 is 0 Å². The molecule has 2 rings (SSSR count). The van der Waals surface area contributed by atoms with Crippen LogP contribution in [0.25, 0.3) is 0 Å². The van der Waals surface area contributed by atoms with Crippen LogP contribution in [-0.2, 0) is 0 Å². The molecule has 98 valence electrons. The maximum absolute atomic E-state index is 12.6. The average Bonchev–Trinajstić information content (AvgIpc) is 2.30. The lowest BCUT2D eigenvalue weighted by atomic mass is 9.73. The van der Waals surface area contributed by atoms with Crippen molar-refractivity contribution in [2.24, 2.45) is 17.8 Å². The Morgan fingerprint density at radius 3 is 2.39 bits per heavy atom. The molecular formula is C16H21ClO. The predicted molar refractivity (Wildman–Crippen MR) is 76.2 cm³/mol. The summed E-state index contributed by atoms with van der Waals surface area (Å²) in [4.78, 5) is 12.6. The molecule has 0 amide bonds. The normalized spacial score (nSPS) is 28.1. The first-order valence-electron chi connectivity index (χ1n) is 6.77. The van der Waals surface area contributed by atoms with Gasteiger partial charge in [-0.2, -0.15) is 0 Å². The molecule has 2 heteroatoms. The third-order valence-corrected chi connectivity index (χ3v) is 4.25. The van der Waals surface area contributed by atoms with E-state index >= 15 is 0 Å². The molecule has 0 spiro atoms. The standard InChI is InChI=1S/C16H21ClO/c1-10-6-11(2)8-13(7-10)16(18)15-9-14(17)5-4-12(15)3/h4-5,9-11,13H,6-8H2,1-3H3. The Kier molecular flexibility index (Phi) is 4.11. The molecule has 1 nitrogen and oxygen atoms in total. The Hall–Kier alpha value is -0.820. The number of carbonyl (C=O) groups is 1. The molecule has 1 aromatic carbocycles. The Morgan fingerprint density at radius 1 is 1.17 bits per heavy atom. The highest BCUT2D eigenvalue weighted by Crippen LogP contribution is 2.35. The van der Waals surface area contributed by atoms with Gasteiger partial charge in [0.25, 0.3) is 0 Å². The van der Waals surface area contributed by atoms with Crippen molar-refractivity contribution in [2.75, 3.05) is 0 Å². The van der Waals surface area contributed by atoms with Crippen LogP contribution in [0.4, 0.5) is 0 Å². The first kappa shape index (κ1) is 13.6. The largest absolute Gasteiger partial charge is 0.294 e. The van der Waals surface area contributed by atoms with Gasteiger partial charge in [0.2, 0.25) is 0 Å². The Morgan fingerprint density at radius 2 is 1.78 bits per heavy atom. The van der Waals surface area contributed by atoms with E-state index in [1.165, 1.54) is 6.42 Å². The summed E-state index contributed by atoms with van der Waals surface area (Å²) < 4.78 is 0. The summed E-state index contributed by atoms with van der Waals surface area (Å²) in [5.41, 5.74) is 1.85. The lowest BCUT2D eigenvalue weighted by Crippen LogP contribution is -2.26. The van der Waals surface area contributed by atoms with Gasteiger partial charge in [-0.25, -0.2) is 0 Å². The van der Waals surface area contributed by atoms with E-state index in [2.05, 4.69) is 13.8 Å². The zero-order chi connectivity index (χ0) is 13.3. The fourth-order valence-electron chi connectivity index (χ4n) is 3.24. The number of halogens is 1. The molecule has 1 aliphatic rings. The van der Waals surface area contributed by atoms with E-state index in [1.54, 1.807) is 0 Å². The number of aryl methyl sites for hydroxylation is 1. The van der Waals surface area contributed by atoms with Crippen molar-refractivity contribution in [1.29, 1.82) is 0 Å². The van der Waals surface area contributed by atoms with Crippen LogP contribution in [0, 0.1) is 24.7 Å². The Bertz CT molecular complexity index is 442. The highest BCUT2D eigenvalue weighted by molar-refractivity contribution is 6.31. The topological polar surface area (TPSA) is 17.1 Å². The molecule has 0 heterocycles. The van der Waals surface area contributed by atoms with Crippen molar-refractivity contribution in [2.45, 2.75) is 40.0 Å². The molecule has 0 aliphatic heterocycles. The molecule has 0 saturated heterocycles. The lowest BCUT2D eigenvalue weighted by Gasteiger charge is -2.30. The monoisotopic (exact) mass is 264 g/mol. The third kappa shape index (κ3) is 2.95. The minimum absolute atomic E-state index is 0.181. The lowest BCUT2D eigenvalue weighted by molar-refractivity contribution is 0.0835. The van der Waals surface area contributed by atoms with Gasteiger partial charge in [-0.3, -0.25) is 4.79 Å². The summed E-state index contributed by atoms with van der Waals surface area (Å²) >= 11 is 6.00. The molecule has 2 atom stereocenters. The summed E-state index contributed by atoms with van der Waals surface area (Å²) in [5, 5.41) is 0.654. The molecule has 1 aliphatic carbocycles. The minimum Gasteiger partial charge on any atom is -0.294 e. The van der Waals surface area contributed by atoms with Crippen LogP contribution >= 0.6 is 11.6 Å². The van der Waals surface area contributed by atoms with Gasteiger partial charge in [0.15, 0.2) is 5.78 Å². The summed E-state index contributed by atoms with van der Waals surface area (Å²) in [7, 11) is 0. The molecule has 1 saturated carbocycles. The molecular weight excluding hydrogens is 244 g/mol. The first-order valence-corrected chi connectivity index (χ1v) is 7.15. The summed E-state index contributed by atoms with van der Waals surface area (Å²) in [6.45, 7) is 6.49. The van der Waals surface area contributed by atoms with Crippen LogP contribution < -0.4 is 0 Å². The van der Waals surface area contributed by atoms with E-state index in [0.29, 0.717) is 16.9 Å². The van der Waals surface area contributed by atoms with E-state index in [-0.39, 0.29) is 11.7 Å². The molecule has 0 bridgehead atoms. The fourth-order valence-corrected chi connectivity index (χ4v) is 3.41. The smallest absolute Gasteiger partial charge is 0.166 e. The number of hydrogen-bond acceptors (Lipinski definition) is 1. The van der Waals surface area contributed by atoms with E-state index in [0.717, 1.165) is 24.0 Å². The highest BCUT2D eigenvalue weighted by Gasteiger charge is 2.30. The number of Topliss-reactive ketones (excluding diaryl/α,β-unsaturated/α-hetero) is 1. The van der Waals surface area contributed by atoms with Crippen LogP contribution in [0.1, 0.15) is 49.0 Å². The molecule has 1 fully saturated rings. The molecule has 1 aromatic rings. The zero-order valence-corrected chi connectivity index (χ0v) is 12.1. The van der Waals surface area contributed by atoms with Crippen LogP contribution in [0.5, 0.6) is 0 Å². The quantitative estimate of drug-likeness (QED) is 0.694. The maximum Gasteiger partial charge on any atom is 0.166 e. The Labute approximate surface area is 115 Å². The van der Waals surface area contributed by atoms with E-state index in [1.807, 2.05) is 25.1 Å². The van der Waals surface area contributed by atoms with Crippen LogP contribution in [0.2, 0.25) is 5.02 Å². The van der Waals surface area contributed by atoms with E-state index in [4.69, 9.17) is 11.6 Å². The zero-order valence-electron chi connectivity index (χ0n) is 11.4. The molecule has 0 aromatic heterocycles. The number of hydrogen-bond donors (Lipinski definition) is 0. The van der Waals surface area contributed by atoms with Gasteiger partial charge in [-0.15, -0.1) is 0 Å². The van der Waals surface area contributed by atoms with E-state index < -0.39 is 0 Å². The molecule has 0 N–H and O–H groups in total. The number of benzene rings is 1. The molecule has 0 radical (unpaired) electrons. The second-order valence-corrected chi connectivity index (χ2v) is 6.37. The minimum atomic E-state index is 0.181. The van der Waals surface area contributed by atoms with Crippen LogP contribution in [0.3, 0.4) is 0 Å². The van der Waals surface area contributed by atoms with E-state index in [9.17, 15) is 4.79 Å². The average molecular weight is 265 g/mol. The second-order valence-electron chi connectivity index (χ2n) is 5.94. The summed E-state index contributed by atoms with van der Waals surface area (Å²) in [6, 6.07) is 5.61. The van der Waals surface area contributed by atoms with Crippen molar-refractivity contribution in [3.63, 3.8) is 0 Å². The Balaban J connectivity index is 2.22. The fraction of sp³-hybridized carbons (Fsp3) is 0.562. The van der Waals surface area contributed by atoms with Crippen molar-refractivity contribution < 1.29 is 4.79 Å². The van der Waals surface area contributed by atoms with Gasteiger partial charge in [0.05, 0.1) is 0 Å². The van der Waals surface area contributed by atoms with Crippen molar-refractivity contribution in [3.05, 3.63) is 34.3 Å². The number of rotatable bonds is 2. The van der Waals surface area contributed by atoms with Crippen LogP contribution in [-0.4, -0.2) is 5.78 Å². The predicted octanol–water partition coefficient (Wildman–Crippen LogP) is 4.90. The van der Waals surface area contributed by atoms with Gasteiger partial charge < -0.3 is 0 Å². The summed E-state index contributed by atoms with van der Waals surface area (Å²) in [6.07, 6.45) is 3.29. The van der Waals surface area contributed by atoms with Gasteiger partial charge in [-0.05, 0) is 55.7 Å². The SMILES string of the molecule is Cc1ccc(Cl)cc1C(=O)C1CC(C)CC(C)C1. The maximum atomic E-state index is 12.6. The van der Waals surface area contributed by atoms with Crippen LogP contribution in [0.15, 0.2) is 18.2 Å². The number of ketones is 1. The molecule has 2 unspecified atom stereocenters. The van der Waals surface area contributed by atoms with Gasteiger partial charge in [0, 0.05) is 16.5 Å².